The van der Waals surface area contributed by atoms with Crippen LogP contribution in [0.4, 0.5) is 5.69 Å². The number of aromatic nitrogens is 2. The van der Waals surface area contributed by atoms with E-state index in [-0.39, 0.29) is 11.9 Å². The number of anilines is 1. The van der Waals surface area contributed by atoms with Crippen LogP contribution in [0.2, 0.25) is 5.02 Å². The Morgan fingerprint density at radius 2 is 1.39 bits per heavy atom. The number of halogens is 1. The van der Waals surface area contributed by atoms with E-state index in [1.165, 1.54) is 0 Å². The molecule has 1 aliphatic rings. The largest absolute Gasteiger partial charge is 0.497 e. The van der Waals surface area contributed by atoms with Gasteiger partial charge in [-0.15, -0.1) is 0 Å². The number of methoxy groups -OCH3 is 1. The van der Waals surface area contributed by atoms with Gasteiger partial charge in [-0.25, -0.2) is 4.68 Å². The zero-order chi connectivity index (χ0) is 24.6. The van der Waals surface area contributed by atoms with E-state index in [4.69, 9.17) is 21.4 Å². The average Bonchev–Trinajstić information content (AvgIpc) is 3.45. The number of ether oxygens (including phenoxy) is 1. The highest BCUT2D eigenvalue weighted by Crippen LogP contribution is 2.46. The van der Waals surface area contributed by atoms with E-state index < -0.39 is 0 Å². The molecule has 0 aliphatic carbocycles. The van der Waals surface area contributed by atoms with Crippen LogP contribution >= 0.6 is 11.6 Å². The Hall–Kier alpha value is -4.35. The summed E-state index contributed by atoms with van der Waals surface area (Å²) in [4.78, 5) is 15.8. The second-order valence-electron chi connectivity index (χ2n) is 8.55. The van der Waals surface area contributed by atoms with Gasteiger partial charge in [-0.3, -0.25) is 9.69 Å². The van der Waals surface area contributed by atoms with E-state index in [1.54, 1.807) is 7.11 Å². The summed E-state index contributed by atoms with van der Waals surface area (Å²) in [7, 11) is 1.64. The van der Waals surface area contributed by atoms with Gasteiger partial charge < -0.3 is 4.74 Å². The minimum Gasteiger partial charge on any atom is -0.497 e. The van der Waals surface area contributed by atoms with Gasteiger partial charge in [-0.1, -0.05) is 72.3 Å². The van der Waals surface area contributed by atoms with E-state index in [1.807, 2.05) is 119 Å². The maximum absolute atomic E-state index is 14.0. The van der Waals surface area contributed by atoms with Crippen LogP contribution in [0.15, 0.2) is 109 Å². The molecule has 5 aromatic rings. The second kappa shape index (κ2) is 9.02. The molecule has 1 aliphatic heterocycles. The standard InChI is InChI=1S/C30H22ClN3O2/c1-36-25-18-14-20(15-19-25)28-26-27(30(35)33(28)23-8-4-2-5-9-23)32-34(24-10-6-3-7-11-24)29(26)21-12-16-22(31)17-13-21/h2-19,28H,1H3/t28-/m1/s1. The first-order valence-corrected chi connectivity index (χ1v) is 12.0. The molecule has 36 heavy (non-hydrogen) atoms. The molecule has 4 aromatic carbocycles. The predicted octanol–water partition coefficient (Wildman–Crippen LogP) is 6.95. The van der Waals surface area contributed by atoms with Gasteiger partial charge in [0.1, 0.15) is 5.75 Å². The minimum absolute atomic E-state index is 0.137. The number of carbonyl (C=O) groups is 1. The summed E-state index contributed by atoms with van der Waals surface area (Å²) in [5, 5.41) is 5.54. The number of hydrogen-bond donors (Lipinski definition) is 0. The fraction of sp³-hybridized carbons (Fsp3) is 0.0667. The Bertz CT molecular complexity index is 1530. The van der Waals surface area contributed by atoms with E-state index in [0.717, 1.165) is 39.5 Å². The van der Waals surface area contributed by atoms with Crippen molar-refractivity contribution in [1.82, 2.24) is 9.78 Å². The topological polar surface area (TPSA) is 47.4 Å². The molecule has 0 saturated carbocycles. The molecule has 0 radical (unpaired) electrons. The normalized spacial score (nSPS) is 14.7. The van der Waals surface area contributed by atoms with Crippen LogP contribution in [0.1, 0.15) is 27.7 Å². The summed E-state index contributed by atoms with van der Waals surface area (Å²) in [5.41, 5.74) is 5.75. The second-order valence-corrected chi connectivity index (χ2v) is 8.99. The molecule has 0 saturated heterocycles. The molecule has 5 nitrogen and oxygen atoms in total. The molecule has 6 heteroatoms. The number of benzene rings is 4. The summed E-state index contributed by atoms with van der Waals surface area (Å²) in [5.74, 6) is 0.620. The zero-order valence-corrected chi connectivity index (χ0v) is 20.3. The van der Waals surface area contributed by atoms with Gasteiger partial charge in [-0.05, 0) is 54.1 Å². The van der Waals surface area contributed by atoms with Crippen molar-refractivity contribution in [3.05, 3.63) is 131 Å². The van der Waals surface area contributed by atoms with Gasteiger partial charge in [0.25, 0.3) is 5.91 Å². The van der Waals surface area contributed by atoms with Crippen LogP contribution in [0.3, 0.4) is 0 Å². The van der Waals surface area contributed by atoms with E-state index in [2.05, 4.69) is 0 Å². The molecular formula is C30H22ClN3O2. The molecule has 1 amide bonds. The van der Waals surface area contributed by atoms with Crippen molar-refractivity contribution in [2.45, 2.75) is 6.04 Å². The molecule has 6 rings (SSSR count). The number of fused-ring (bicyclic) bond motifs is 1. The minimum atomic E-state index is -0.371. The van der Waals surface area contributed by atoms with E-state index in [0.29, 0.717) is 10.7 Å². The number of hydrogen-bond acceptors (Lipinski definition) is 3. The maximum Gasteiger partial charge on any atom is 0.280 e. The van der Waals surface area contributed by atoms with Gasteiger partial charge >= 0.3 is 0 Å². The van der Waals surface area contributed by atoms with Crippen molar-refractivity contribution >= 4 is 23.2 Å². The Morgan fingerprint density at radius 3 is 2.00 bits per heavy atom. The maximum atomic E-state index is 14.0. The van der Waals surface area contributed by atoms with Crippen LogP contribution < -0.4 is 9.64 Å². The SMILES string of the molecule is COc1ccc([C@@H]2c3c(nn(-c4ccccc4)c3-c3ccc(Cl)cc3)C(=O)N2c2ccccc2)cc1. The van der Waals surface area contributed by atoms with E-state index >= 15 is 0 Å². The first-order valence-electron chi connectivity index (χ1n) is 11.6. The molecule has 1 aromatic heterocycles. The van der Waals surface area contributed by atoms with Crippen LogP contribution in [0.5, 0.6) is 5.75 Å². The van der Waals surface area contributed by atoms with Gasteiger partial charge in [-0.2, -0.15) is 5.10 Å². The lowest BCUT2D eigenvalue weighted by Gasteiger charge is -2.27. The monoisotopic (exact) mass is 491 g/mol. The molecule has 0 bridgehead atoms. The van der Waals surface area contributed by atoms with Crippen molar-refractivity contribution in [1.29, 1.82) is 0 Å². The Kier molecular flexibility index (Phi) is 5.55. The smallest absolute Gasteiger partial charge is 0.280 e. The molecule has 176 valence electrons. The van der Waals surface area contributed by atoms with E-state index in [9.17, 15) is 4.79 Å². The summed E-state index contributed by atoms with van der Waals surface area (Å²) in [6, 6.07) is 34.8. The number of rotatable bonds is 5. The Morgan fingerprint density at radius 1 is 0.778 bits per heavy atom. The lowest BCUT2D eigenvalue weighted by atomic mass is 9.95. The van der Waals surface area contributed by atoms with Gasteiger partial charge in [0.05, 0.1) is 24.5 Å². The number of para-hydroxylation sites is 2. The van der Waals surface area contributed by atoms with Crippen molar-refractivity contribution < 1.29 is 9.53 Å². The highest BCUT2D eigenvalue weighted by atomic mass is 35.5. The third kappa shape index (κ3) is 3.65. The molecule has 2 heterocycles. The van der Waals surface area contributed by atoms with Crippen molar-refractivity contribution in [2.24, 2.45) is 0 Å². The van der Waals surface area contributed by atoms with Crippen LogP contribution in [0.25, 0.3) is 16.9 Å². The number of nitrogens with zero attached hydrogens (tertiary/aromatic N) is 3. The highest BCUT2D eigenvalue weighted by molar-refractivity contribution is 6.30. The molecule has 0 fully saturated rings. The van der Waals surface area contributed by atoms with Crippen molar-refractivity contribution in [3.8, 4) is 22.7 Å². The third-order valence-electron chi connectivity index (χ3n) is 6.46. The number of carbonyl (C=O) groups excluding carboxylic acids is 1. The molecule has 0 spiro atoms. The van der Waals surface area contributed by atoms with Crippen LogP contribution in [0, 0.1) is 0 Å². The predicted molar refractivity (Wildman–Crippen MR) is 142 cm³/mol. The third-order valence-corrected chi connectivity index (χ3v) is 6.71. The summed E-state index contributed by atoms with van der Waals surface area (Å²) >= 11 is 6.23. The average molecular weight is 492 g/mol. The fourth-order valence-corrected chi connectivity index (χ4v) is 4.93. The first-order chi connectivity index (χ1) is 17.7. The summed E-state index contributed by atoms with van der Waals surface area (Å²) in [6.07, 6.45) is 0. The van der Waals surface area contributed by atoms with Crippen LogP contribution in [-0.4, -0.2) is 22.8 Å². The van der Waals surface area contributed by atoms with Gasteiger partial charge in [0, 0.05) is 21.8 Å². The van der Waals surface area contributed by atoms with Gasteiger partial charge in [0.15, 0.2) is 5.69 Å². The Balaban J connectivity index is 1.64. The molecular weight excluding hydrogens is 470 g/mol. The fourth-order valence-electron chi connectivity index (χ4n) is 4.81. The highest BCUT2D eigenvalue weighted by Gasteiger charge is 2.44. The lowest BCUT2D eigenvalue weighted by Crippen LogP contribution is -2.29. The molecule has 0 unspecified atom stereocenters. The Labute approximate surface area is 214 Å². The summed E-state index contributed by atoms with van der Waals surface area (Å²) in [6.45, 7) is 0. The first kappa shape index (κ1) is 22.1. The van der Waals surface area contributed by atoms with Crippen LogP contribution in [-0.2, 0) is 0 Å². The van der Waals surface area contributed by atoms with Crippen molar-refractivity contribution in [3.63, 3.8) is 0 Å². The number of amides is 1. The van der Waals surface area contributed by atoms with Gasteiger partial charge in [0.2, 0.25) is 0 Å². The lowest BCUT2D eigenvalue weighted by molar-refractivity contribution is 0.0988. The zero-order valence-electron chi connectivity index (χ0n) is 19.5. The molecule has 1 atom stereocenters. The van der Waals surface area contributed by atoms with Crippen molar-refractivity contribution in [2.75, 3.05) is 12.0 Å². The molecule has 0 N–H and O–H groups in total. The quantitative estimate of drug-likeness (QED) is 0.267. The summed E-state index contributed by atoms with van der Waals surface area (Å²) < 4.78 is 7.26.